The molecule has 2 aromatic carbocycles. The number of amides is 1. The lowest BCUT2D eigenvalue weighted by molar-refractivity contribution is -0.123. The minimum absolute atomic E-state index is 0.208. The Morgan fingerprint density at radius 1 is 1.14 bits per heavy atom. The van der Waals surface area contributed by atoms with Crippen LogP contribution in [0.1, 0.15) is 23.0 Å². The minimum atomic E-state index is -1.02. The van der Waals surface area contributed by atoms with E-state index >= 15 is 0 Å². The van der Waals surface area contributed by atoms with Crippen molar-refractivity contribution in [1.29, 1.82) is 0 Å². The van der Waals surface area contributed by atoms with Gasteiger partial charge in [0.25, 0.3) is 5.91 Å². The molecule has 1 atom stereocenters. The van der Waals surface area contributed by atoms with E-state index in [-0.39, 0.29) is 5.91 Å². The molecule has 4 rings (SSSR count). The molecular formula is C20H14BrCl2N3O2. The van der Waals surface area contributed by atoms with Crippen LogP contribution in [-0.4, -0.2) is 21.7 Å². The Kier molecular flexibility index (Phi) is 4.81. The average Bonchev–Trinajstić information content (AvgIpc) is 3.15. The highest BCUT2D eigenvalue weighted by molar-refractivity contribution is 9.10. The van der Waals surface area contributed by atoms with Crippen LogP contribution in [0.3, 0.4) is 0 Å². The second-order valence-electron chi connectivity index (χ2n) is 6.78. The fourth-order valence-electron chi connectivity index (χ4n) is 3.58. The van der Waals surface area contributed by atoms with Gasteiger partial charge in [0.15, 0.2) is 6.29 Å². The van der Waals surface area contributed by atoms with Crippen molar-refractivity contribution in [3.8, 4) is 0 Å². The van der Waals surface area contributed by atoms with Gasteiger partial charge in [-0.15, -0.1) is 0 Å². The summed E-state index contributed by atoms with van der Waals surface area (Å²) in [6.45, 7) is 1.81. The number of fused-ring (bicyclic) bond motifs is 1. The molecule has 1 aromatic heterocycles. The van der Waals surface area contributed by atoms with Crippen molar-refractivity contribution in [3.63, 3.8) is 0 Å². The predicted octanol–water partition coefficient (Wildman–Crippen LogP) is 5.40. The van der Waals surface area contributed by atoms with Gasteiger partial charge in [0.1, 0.15) is 11.2 Å². The second-order valence-corrected chi connectivity index (χ2v) is 8.57. The molecule has 2 heterocycles. The molecule has 0 bridgehead atoms. The molecule has 0 saturated heterocycles. The zero-order valence-electron chi connectivity index (χ0n) is 14.7. The van der Waals surface area contributed by atoms with Crippen LogP contribution in [-0.2, 0) is 16.8 Å². The maximum absolute atomic E-state index is 13.6. The van der Waals surface area contributed by atoms with Crippen LogP contribution in [0.2, 0.25) is 10.0 Å². The molecule has 0 unspecified atom stereocenters. The number of anilines is 2. The number of halogens is 3. The number of carbonyl (C=O) groups is 2. The average molecular weight is 479 g/mol. The van der Waals surface area contributed by atoms with Crippen molar-refractivity contribution >= 4 is 63.0 Å². The summed E-state index contributed by atoms with van der Waals surface area (Å²) >= 11 is 15.7. The van der Waals surface area contributed by atoms with Gasteiger partial charge in [-0.3, -0.25) is 14.2 Å². The van der Waals surface area contributed by atoms with Crippen LogP contribution in [0.5, 0.6) is 0 Å². The standard InChI is InChI=1S/C20H14BrCl2N3O2/c1-20(9-12-2-4-13(21)5-3-12)18(28)25(16-7-14(22)6-15(23)8-16)19-24-10-17(11-27)26(19)20/h2-8,10-11H,9H2,1H3/t20-/m1/s1. The number of aromatic nitrogens is 2. The maximum Gasteiger partial charge on any atom is 0.260 e. The summed E-state index contributed by atoms with van der Waals surface area (Å²) in [5.41, 5.74) is 0.775. The second kappa shape index (κ2) is 7.03. The number of rotatable bonds is 4. The molecular weight excluding hydrogens is 465 g/mol. The monoisotopic (exact) mass is 477 g/mol. The molecule has 8 heteroatoms. The highest BCUT2D eigenvalue weighted by Gasteiger charge is 2.50. The van der Waals surface area contributed by atoms with Crippen LogP contribution in [0.25, 0.3) is 0 Å². The van der Waals surface area contributed by atoms with Gasteiger partial charge in [-0.2, -0.15) is 0 Å². The lowest BCUT2D eigenvalue weighted by atomic mass is 9.91. The van der Waals surface area contributed by atoms with Gasteiger partial charge < -0.3 is 0 Å². The van der Waals surface area contributed by atoms with E-state index in [1.54, 1.807) is 22.8 Å². The van der Waals surface area contributed by atoms with Crippen molar-refractivity contribution < 1.29 is 9.59 Å². The third kappa shape index (κ3) is 3.05. The molecule has 142 valence electrons. The predicted molar refractivity (Wildman–Crippen MR) is 113 cm³/mol. The zero-order chi connectivity index (χ0) is 20.1. The summed E-state index contributed by atoms with van der Waals surface area (Å²) < 4.78 is 2.63. The van der Waals surface area contributed by atoms with Gasteiger partial charge in [-0.25, -0.2) is 9.88 Å². The van der Waals surface area contributed by atoms with Crippen LogP contribution in [0.15, 0.2) is 53.1 Å². The van der Waals surface area contributed by atoms with E-state index in [1.165, 1.54) is 11.1 Å². The first-order valence-corrected chi connectivity index (χ1v) is 9.97. The van der Waals surface area contributed by atoms with Gasteiger partial charge in [-0.05, 0) is 42.8 Å². The van der Waals surface area contributed by atoms with Crippen molar-refractivity contribution in [1.82, 2.24) is 9.55 Å². The SMILES string of the molecule is C[C@@]1(Cc2ccc(Br)cc2)C(=O)N(c2cc(Cl)cc(Cl)c2)c2ncc(C=O)n21. The molecule has 0 saturated carbocycles. The smallest absolute Gasteiger partial charge is 0.260 e. The molecule has 0 fully saturated rings. The molecule has 0 spiro atoms. The quantitative estimate of drug-likeness (QED) is 0.471. The van der Waals surface area contributed by atoms with Gasteiger partial charge in [-0.1, -0.05) is 51.3 Å². The van der Waals surface area contributed by atoms with Crippen molar-refractivity contribution in [3.05, 3.63) is 74.4 Å². The fraction of sp³-hybridized carbons (Fsp3) is 0.150. The maximum atomic E-state index is 13.6. The Balaban J connectivity index is 1.86. The van der Waals surface area contributed by atoms with Crippen LogP contribution in [0, 0.1) is 0 Å². The molecule has 5 nitrogen and oxygen atoms in total. The van der Waals surface area contributed by atoms with Crippen LogP contribution >= 0.6 is 39.1 Å². The highest BCUT2D eigenvalue weighted by atomic mass is 79.9. The first-order chi connectivity index (χ1) is 13.3. The van der Waals surface area contributed by atoms with Gasteiger partial charge in [0.2, 0.25) is 5.95 Å². The summed E-state index contributed by atoms with van der Waals surface area (Å²) in [7, 11) is 0. The normalized spacial score (nSPS) is 18.4. The summed E-state index contributed by atoms with van der Waals surface area (Å²) in [5, 5.41) is 0.816. The lowest BCUT2D eigenvalue weighted by Gasteiger charge is -2.26. The Morgan fingerprint density at radius 3 is 2.39 bits per heavy atom. The molecule has 3 aromatic rings. The van der Waals surface area contributed by atoms with Crippen LogP contribution in [0.4, 0.5) is 11.6 Å². The first-order valence-electron chi connectivity index (χ1n) is 8.42. The zero-order valence-corrected chi connectivity index (χ0v) is 17.8. The van der Waals surface area contributed by atoms with Gasteiger partial charge in [0, 0.05) is 20.9 Å². The molecule has 0 aliphatic carbocycles. The van der Waals surface area contributed by atoms with Crippen molar-refractivity contribution in [2.75, 3.05) is 4.90 Å². The number of nitrogens with zero attached hydrogens (tertiary/aromatic N) is 3. The number of benzene rings is 2. The number of imidazole rings is 1. The lowest BCUT2D eigenvalue weighted by Crippen LogP contribution is -2.41. The number of hydrogen-bond acceptors (Lipinski definition) is 3. The van der Waals surface area contributed by atoms with E-state index in [0.29, 0.717) is 40.1 Å². The highest BCUT2D eigenvalue weighted by Crippen LogP contribution is 2.43. The largest absolute Gasteiger partial charge is 0.296 e. The molecule has 0 N–H and O–H groups in total. The van der Waals surface area contributed by atoms with E-state index in [9.17, 15) is 9.59 Å². The fourth-order valence-corrected chi connectivity index (χ4v) is 4.36. The van der Waals surface area contributed by atoms with Gasteiger partial charge in [0.05, 0.1) is 11.9 Å². The Labute approximate surface area is 180 Å². The molecule has 1 amide bonds. The summed E-state index contributed by atoms with van der Waals surface area (Å²) in [6, 6.07) is 12.6. The summed E-state index contributed by atoms with van der Waals surface area (Å²) in [4.78, 5) is 31.0. The number of hydrogen-bond donors (Lipinski definition) is 0. The van der Waals surface area contributed by atoms with E-state index < -0.39 is 5.54 Å². The number of carbonyl (C=O) groups excluding carboxylic acids is 2. The van der Waals surface area contributed by atoms with E-state index in [2.05, 4.69) is 20.9 Å². The Hall–Kier alpha value is -2.15. The van der Waals surface area contributed by atoms with E-state index in [0.717, 1.165) is 10.0 Å². The van der Waals surface area contributed by atoms with E-state index in [1.807, 2.05) is 31.2 Å². The third-order valence-corrected chi connectivity index (χ3v) is 5.78. The van der Waals surface area contributed by atoms with Crippen LogP contribution < -0.4 is 4.90 Å². The topological polar surface area (TPSA) is 55.2 Å². The molecule has 1 aliphatic rings. The third-order valence-electron chi connectivity index (χ3n) is 4.82. The minimum Gasteiger partial charge on any atom is -0.296 e. The molecule has 0 radical (unpaired) electrons. The van der Waals surface area contributed by atoms with E-state index in [4.69, 9.17) is 23.2 Å². The van der Waals surface area contributed by atoms with Crippen molar-refractivity contribution in [2.24, 2.45) is 0 Å². The Morgan fingerprint density at radius 2 is 1.79 bits per heavy atom. The summed E-state index contributed by atoms with van der Waals surface area (Å²) in [6.07, 6.45) is 2.57. The first kappa shape index (κ1) is 19.2. The van der Waals surface area contributed by atoms with Crippen molar-refractivity contribution in [2.45, 2.75) is 18.9 Å². The Bertz CT molecular complexity index is 1080. The molecule has 1 aliphatic heterocycles. The summed E-state index contributed by atoms with van der Waals surface area (Å²) in [5.74, 6) is 0.157. The molecule has 28 heavy (non-hydrogen) atoms. The number of aldehydes is 1. The van der Waals surface area contributed by atoms with Gasteiger partial charge >= 0.3 is 0 Å².